The highest BCUT2D eigenvalue weighted by molar-refractivity contribution is 6.42. The number of amides is 2. The fourth-order valence-corrected chi connectivity index (χ4v) is 3.55. The van der Waals surface area contributed by atoms with E-state index in [2.05, 4.69) is 5.32 Å². The number of likely N-dealkylation sites (N-methyl/N-ethyl adjacent to an activating group) is 1. The summed E-state index contributed by atoms with van der Waals surface area (Å²) < 4.78 is 10.7. The van der Waals surface area contributed by atoms with E-state index in [0.29, 0.717) is 34.5 Å². The first kappa shape index (κ1) is 22.2. The Labute approximate surface area is 186 Å². The standard InChI is InChI=1S/C22H24Cl2N2O4/c1-3-25-22(28)14(2)26(12-16-4-7-17(23)18(24)10-16)21(27)9-6-15-5-8-19-20(11-15)30-13-29-19/h4-5,7-8,10-11,14H,3,6,9,12-13H2,1-2H3,(H,25,28)/t14-/m0/s1. The summed E-state index contributed by atoms with van der Waals surface area (Å²) in [6, 6.07) is 10.2. The number of hydrogen-bond donors (Lipinski definition) is 1. The van der Waals surface area contributed by atoms with Gasteiger partial charge in [-0.25, -0.2) is 0 Å². The molecule has 3 rings (SSSR count). The molecular weight excluding hydrogens is 427 g/mol. The van der Waals surface area contributed by atoms with Gasteiger partial charge in [0.1, 0.15) is 6.04 Å². The molecule has 160 valence electrons. The van der Waals surface area contributed by atoms with Gasteiger partial charge in [-0.05, 0) is 55.7 Å². The van der Waals surface area contributed by atoms with Crippen molar-refractivity contribution in [3.63, 3.8) is 0 Å². The first-order valence-corrected chi connectivity index (χ1v) is 10.5. The molecule has 0 unspecified atom stereocenters. The predicted octanol–water partition coefficient (Wildman–Crippen LogP) is 4.21. The summed E-state index contributed by atoms with van der Waals surface area (Å²) >= 11 is 12.1. The van der Waals surface area contributed by atoms with E-state index in [1.54, 1.807) is 30.0 Å². The lowest BCUT2D eigenvalue weighted by Crippen LogP contribution is -2.47. The fourth-order valence-electron chi connectivity index (χ4n) is 3.23. The lowest BCUT2D eigenvalue weighted by atomic mass is 10.1. The average molecular weight is 451 g/mol. The summed E-state index contributed by atoms with van der Waals surface area (Å²) in [5.74, 6) is 1.06. The second-order valence-electron chi connectivity index (χ2n) is 7.03. The van der Waals surface area contributed by atoms with Gasteiger partial charge in [-0.2, -0.15) is 0 Å². The number of fused-ring (bicyclic) bond motifs is 1. The van der Waals surface area contributed by atoms with Crippen LogP contribution >= 0.6 is 23.2 Å². The van der Waals surface area contributed by atoms with E-state index in [1.807, 2.05) is 25.1 Å². The minimum absolute atomic E-state index is 0.127. The third-order valence-corrected chi connectivity index (χ3v) is 5.66. The zero-order valence-electron chi connectivity index (χ0n) is 16.9. The number of aryl methyl sites for hydroxylation is 1. The highest BCUT2D eigenvalue weighted by atomic mass is 35.5. The van der Waals surface area contributed by atoms with Crippen molar-refractivity contribution < 1.29 is 19.1 Å². The van der Waals surface area contributed by atoms with Crippen molar-refractivity contribution in [2.45, 2.75) is 39.3 Å². The molecule has 1 aliphatic heterocycles. The molecule has 0 spiro atoms. The molecule has 1 aliphatic rings. The third-order valence-electron chi connectivity index (χ3n) is 4.92. The minimum Gasteiger partial charge on any atom is -0.454 e. The third kappa shape index (κ3) is 5.37. The van der Waals surface area contributed by atoms with E-state index in [0.717, 1.165) is 11.1 Å². The van der Waals surface area contributed by atoms with E-state index in [-0.39, 0.29) is 31.6 Å². The van der Waals surface area contributed by atoms with Crippen LogP contribution in [0.25, 0.3) is 0 Å². The SMILES string of the molecule is CCNC(=O)[C@H](C)N(Cc1ccc(Cl)c(Cl)c1)C(=O)CCc1ccc2c(c1)OCO2. The van der Waals surface area contributed by atoms with Crippen LogP contribution in [0.1, 0.15) is 31.4 Å². The van der Waals surface area contributed by atoms with Crippen LogP contribution < -0.4 is 14.8 Å². The van der Waals surface area contributed by atoms with Crippen molar-refractivity contribution in [3.05, 3.63) is 57.6 Å². The summed E-state index contributed by atoms with van der Waals surface area (Å²) in [6.45, 7) is 4.53. The summed E-state index contributed by atoms with van der Waals surface area (Å²) in [5.41, 5.74) is 1.77. The second kappa shape index (κ2) is 10.0. The summed E-state index contributed by atoms with van der Waals surface area (Å²) in [7, 11) is 0. The van der Waals surface area contributed by atoms with Gasteiger partial charge in [0.25, 0.3) is 0 Å². The first-order chi connectivity index (χ1) is 14.4. The van der Waals surface area contributed by atoms with E-state index >= 15 is 0 Å². The molecule has 2 aromatic carbocycles. The maximum absolute atomic E-state index is 13.1. The fraction of sp³-hybridized carbons (Fsp3) is 0.364. The molecule has 0 aliphatic carbocycles. The van der Waals surface area contributed by atoms with Gasteiger partial charge >= 0.3 is 0 Å². The zero-order chi connectivity index (χ0) is 21.7. The van der Waals surface area contributed by atoms with Crippen LogP contribution in [0.5, 0.6) is 11.5 Å². The lowest BCUT2D eigenvalue weighted by Gasteiger charge is -2.29. The Hall–Kier alpha value is -2.44. The first-order valence-electron chi connectivity index (χ1n) is 9.78. The van der Waals surface area contributed by atoms with Gasteiger partial charge < -0.3 is 19.7 Å². The molecule has 30 heavy (non-hydrogen) atoms. The number of rotatable bonds is 8. The molecular formula is C22H24Cl2N2O4. The number of carbonyl (C=O) groups is 2. The number of ether oxygens (including phenoxy) is 2. The van der Waals surface area contributed by atoms with Crippen molar-refractivity contribution in [2.24, 2.45) is 0 Å². The van der Waals surface area contributed by atoms with Crippen LogP contribution in [0.15, 0.2) is 36.4 Å². The van der Waals surface area contributed by atoms with Crippen LogP contribution in [-0.2, 0) is 22.6 Å². The van der Waals surface area contributed by atoms with Gasteiger partial charge in [0.15, 0.2) is 11.5 Å². The van der Waals surface area contributed by atoms with Crippen LogP contribution in [0.4, 0.5) is 0 Å². The number of hydrogen-bond acceptors (Lipinski definition) is 4. The van der Waals surface area contributed by atoms with Crippen LogP contribution in [-0.4, -0.2) is 36.1 Å². The van der Waals surface area contributed by atoms with Gasteiger partial charge in [-0.3, -0.25) is 9.59 Å². The monoisotopic (exact) mass is 450 g/mol. The molecule has 0 bridgehead atoms. The number of benzene rings is 2. The highest BCUT2D eigenvalue weighted by Gasteiger charge is 2.26. The van der Waals surface area contributed by atoms with Crippen LogP contribution in [0, 0.1) is 0 Å². The molecule has 1 N–H and O–H groups in total. The van der Waals surface area contributed by atoms with Gasteiger partial charge in [-0.15, -0.1) is 0 Å². The quantitative estimate of drug-likeness (QED) is 0.653. The van der Waals surface area contributed by atoms with Gasteiger partial charge in [0.2, 0.25) is 18.6 Å². The highest BCUT2D eigenvalue weighted by Crippen LogP contribution is 2.33. The Balaban J connectivity index is 1.73. The van der Waals surface area contributed by atoms with Crippen LogP contribution in [0.2, 0.25) is 10.0 Å². The van der Waals surface area contributed by atoms with E-state index in [1.165, 1.54) is 0 Å². The molecule has 0 saturated carbocycles. The minimum atomic E-state index is -0.622. The van der Waals surface area contributed by atoms with E-state index < -0.39 is 6.04 Å². The van der Waals surface area contributed by atoms with Gasteiger partial charge in [0.05, 0.1) is 10.0 Å². The number of carbonyl (C=O) groups excluding carboxylic acids is 2. The maximum Gasteiger partial charge on any atom is 0.242 e. The Bertz CT molecular complexity index is 935. The van der Waals surface area contributed by atoms with Gasteiger partial charge in [-0.1, -0.05) is 35.3 Å². The number of nitrogens with zero attached hydrogens (tertiary/aromatic N) is 1. The normalized spacial score (nSPS) is 13.1. The Morgan fingerprint density at radius 1 is 1.07 bits per heavy atom. The molecule has 0 aromatic heterocycles. The van der Waals surface area contributed by atoms with Crippen molar-refractivity contribution >= 4 is 35.0 Å². The number of nitrogens with one attached hydrogen (secondary N) is 1. The predicted molar refractivity (Wildman–Crippen MR) is 116 cm³/mol. The Kier molecular flexibility index (Phi) is 7.45. The summed E-state index contributed by atoms with van der Waals surface area (Å²) in [5, 5.41) is 3.63. The van der Waals surface area contributed by atoms with Gasteiger partial charge in [0, 0.05) is 19.5 Å². The topological polar surface area (TPSA) is 67.9 Å². The molecule has 0 radical (unpaired) electrons. The Morgan fingerprint density at radius 3 is 2.53 bits per heavy atom. The molecule has 0 fully saturated rings. The molecule has 0 saturated heterocycles. The largest absolute Gasteiger partial charge is 0.454 e. The molecule has 1 heterocycles. The van der Waals surface area contributed by atoms with E-state index in [9.17, 15) is 9.59 Å². The Morgan fingerprint density at radius 2 is 1.80 bits per heavy atom. The summed E-state index contributed by atoms with van der Waals surface area (Å²) in [6.07, 6.45) is 0.778. The lowest BCUT2D eigenvalue weighted by molar-refractivity contribution is -0.140. The molecule has 2 amide bonds. The molecule has 1 atom stereocenters. The van der Waals surface area contributed by atoms with E-state index in [4.69, 9.17) is 32.7 Å². The number of halogens is 2. The zero-order valence-corrected chi connectivity index (χ0v) is 18.4. The van der Waals surface area contributed by atoms with Crippen molar-refractivity contribution in [1.82, 2.24) is 10.2 Å². The van der Waals surface area contributed by atoms with Crippen molar-refractivity contribution in [1.29, 1.82) is 0 Å². The molecule has 2 aromatic rings. The van der Waals surface area contributed by atoms with Crippen molar-refractivity contribution in [2.75, 3.05) is 13.3 Å². The molecule has 8 heteroatoms. The summed E-state index contributed by atoms with van der Waals surface area (Å²) in [4.78, 5) is 27.1. The second-order valence-corrected chi connectivity index (χ2v) is 7.84. The smallest absolute Gasteiger partial charge is 0.242 e. The van der Waals surface area contributed by atoms with Crippen LogP contribution in [0.3, 0.4) is 0 Å². The average Bonchev–Trinajstić information content (AvgIpc) is 3.20. The molecule has 6 nitrogen and oxygen atoms in total. The maximum atomic E-state index is 13.1. The van der Waals surface area contributed by atoms with Crippen molar-refractivity contribution in [3.8, 4) is 11.5 Å².